The predicted molar refractivity (Wildman–Crippen MR) is 74.7 cm³/mol. The summed E-state index contributed by atoms with van der Waals surface area (Å²) in [5.41, 5.74) is -0.153. The van der Waals surface area contributed by atoms with Crippen molar-refractivity contribution >= 4 is 33.5 Å². The molecular formula is C13H15BrClNO2. The molecule has 98 valence electrons. The summed E-state index contributed by atoms with van der Waals surface area (Å²) in [6.45, 7) is 1.81. The van der Waals surface area contributed by atoms with Crippen LogP contribution in [0.4, 0.5) is 0 Å². The van der Waals surface area contributed by atoms with Crippen molar-refractivity contribution < 1.29 is 9.53 Å². The summed E-state index contributed by atoms with van der Waals surface area (Å²) in [5.74, 6) is -0.321. The average Bonchev–Trinajstić information content (AvgIpc) is 3.11. The molecule has 0 heterocycles. The molecule has 0 bridgehead atoms. The largest absolute Gasteiger partial charge is 0.467 e. The first-order valence-corrected chi connectivity index (χ1v) is 6.96. The van der Waals surface area contributed by atoms with Crippen LogP contribution >= 0.6 is 27.5 Å². The van der Waals surface area contributed by atoms with E-state index < -0.39 is 5.54 Å². The summed E-state index contributed by atoms with van der Waals surface area (Å²) < 4.78 is 5.80. The van der Waals surface area contributed by atoms with E-state index in [-0.39, 0.29) is 5.97 Å². The number of rotatable bonds is 4. The molecule has 1 aromatic carbocycles. The van der Waals surface area contributed by atoms with Crippen LogP contribution in [0.15, 0.2) is 22.7 Å². The first-order valence-electron chi connectivity index (χ1n) is 5.79. The first kappa shape index (κ1) is 13.8. The molecule has 5 heteroatoms. The van der Waals surface area contributed by atoms with E-state index in [1.54, 1.807) is 6.07 Å². The Kier molecular flexibility index (Phi) is 3.99. The van der Waals surface area contributed by atoms with E-state index in [4.69, 9.17) is 16.3 Å². The zero-order valence-electron chi connectivity index (χ0n) is 10.3. The molecule has 1 atom stereocenters. The molecule has 1 aromatic rings. The second-order valence-electron chi connectivity index (χ2n) is 4.66. The van der Waals surface area contributed by atoms with Crippen molar-refractivity contribution in [1.82, 2.24) is 5.32 Å². The maximum absolute atomic E-state index is 12.1. The quantitative estimate of drug-likeness (QED) is 0.860. The van der Waals surface area contributed by atoms with Crippen molar-refractivity contribution in [2.45, 2.75) is 31.3 Å². The number of carbonyl (C=O) groups is 1. The molecule has 0 spiro atoms. The van der Waals surface area contributed by atoms with Crippen molar-refractivity contribution in [3.05, 3.63) is 33.3 Å². The Hall–Kier alpha value is -0.580. The molecule has 1 aliphatic rings. The van der Waals surface area contributed by atoms with E-state index in [0.717, 1.165) is 22.9 Å². The topological polar surface area (TPSA) is 38.3 Å². The van der Waals surface area contributed by atoms with Crippen LogP contribution in [-0.4, -0.2) is 19.1 Å². The van der Waals surface area contributed by atoms with Gasteiger partial charge in [-0.3, -0.25) is 5.32 Å². The summed E-state index contributed by atoms with van der Waals surface area (Å²) in [4.78, 5) is 12.1. The Balaban J connectivity index is 2.40. The smallest absolute Gasteiger partial charge is 0.330 e. The number of methoxy groups -OCH3 is 1. The van der Waals surface area contributed by atoms with Gasteiger partial charge in [0.1, 0.15) is 5.54 Å². The predicted octanol–water partition coefficient (Wildman–Crippen LogP) is 3.24. The Bertz CT molecular complexity index is 476. The molecule has 2 rings (SSSR count). The second kappa shape index (κ2) is 5.19. The fourth-order valence-electron chi connectivity index (χ4n) is 1.98. The lowest BCUT2D eigenvalue weighted by Gasteiger charge is -2.29. The molecule has 0 aliphatic heterocycles. The van der Waals surface area contributed by atoms with E-state index in [9.17, 15) is 4.79 Å². The molecule has 0 radical (unpaired) electrons. The molecule has 0 saturated heterocycles. The lowest BCUT2D eigenvalue weighted by Crippen LogP contribution is -2.48. The van der Waals surface area contributed by atoms with Gasteiger partial charge < -0.3 is 4.74 Å². The third-order valence-corrected chi connectivity index (χ3v) is 3.94. The van der Waals surface area contributed by atoms with Crippen LogP contribution in [-0.2, 0) is 15.1 Å². The SMILES string of the molecule is COC(=O)C(C)(NC1CC1)c1ccc(Br)cc1Cl. The van der Waals surface area contributed by atoms with Crippen LogP contribution in [0.1, 0.15) is 25.3 Å². The van der Waals surface area contributed by atoms with Gasteiger partial charge in [-0.1, -0.05) is 33.6 Å². The fraction of sp³-hybridized carbons (Fsp3) is 0.462. The zero-order chi connectivity index (χ0) is 13.3. The number of benzene rings is 1. The number of esters is 1. The lowest BCUT2D eigenvalue weighted by atomic mass is 9.91. The number of hydrogen-bond donors (Lipinski definition) is 1. The molecule has 0 aromatic heterocycles. The van der Waals surface area contributed by atoms with Crippen molar-refractivity contribution in [3.63, 3.8) is 0 Å². The van der Waals surface area contributed by atoms with Gasteiger partial charge in [0.05, 0.1) is 7.11 Å². The lowest BCUT2D eigenvalue weighted by molar-refractivity contribution is -0.148. The maximum Gasteiger partial charge on any atom is 0.330 e. The van der Waals surface area contributed by atoms with Gasteiger partial charge in [0, 0.05) is 21.1 Å². The minimum Gasteiger partial charge on any atom is -0.467 e. The van der Waals surface area contributed by atoms with Crippen molar-refractivity contribution in [2.75, 3.05) is 7.11 Å². The molecule has 1 unspecified atom stereocenters. The number of hydrogen-bond acceptors (Lipinski definition) is 3. The third-order valence-electron chi connectivity index (χ3n) is 3.13. The Morgan fingerprint density at radius 1 is 1.56 bits per heavy atom. The van der Waals surface area contributed by atoms with Gasteiger partial charge in [-0.15, -0.1) is 0 Å². The summed E-state index contributed by atoms with van der Waals surface area (Å²) in [5, 5.41) is 3.87. The molecule has 1 N–H and O–H groups in total. The maximum atomic E-state index is 12.1. The van der Waals surface area contributed by atoms with Crippen LogP contribution in [0.25, 0.3) is 0 Å². The van der Waals surface area contributed by atoms with Crippen molar-refractivity contribution in [2.24, 2.45) is 0 Å². The monoisotopic (exact) mass is 331 g/mol. The number of halogens is 2. The van der Waals surface area contributed by atoms with E-state index in [0.29, 0.717) is 11.1 Å². The molecule has 0 amide bonds. The van der Waals surface area contributed by atoms with E-state index in [2.05, 4.69) is 21.2 Å². The van der Waals surface area contributed by atoms with Gasteiger partial charge in [-0.25, -0.2) is 4.79 Å². The molecule has 1 fully saturated rings. The van der Waals surface area contributed by atoms with Crippen molar-refractivity contribution in [1.29, 1.82) is 0 Å². The van der Waals surface area contributed by atoms with Crippen LogP contribution in [0.3, 0.4) is 0 Å². The second-order valence-corrected chi connectivity index (χ2v) is 5.98. The minimum absolute atomic E-state index is 0.321. The van der Waals surface area contributed by atoms with E-state index in [1.807, 2.05) is 19.1 Å². The van der Waals surface area contributed by atoms with Gasteiger partial charge in [0.2, 0.25) is 0 Å². The van der Waals surface area contributed by atoms with Crippen LogP contribution in [0, 0.1) is 0 Å². The molecular weight excluding hydrogens is 318 g/mol. The van der Waals surface area contributed by atoms with Crippen LogP contribution in [0.2, 0.25) is 5.02 Å². The van der Waals surface area contributed by atoms with Gasteiger partial charge in [-0.2, -0.15) is 0 Å². The third kappa shape index (κ3) is 2.71. The van der Waals surface area contributed by atoms with Gasteiger partial charge in [0.25, 0.3) is 0 Å². The Labute approximate surface area is 120 Å². The Morgan fingerprint density at radius 2 is 2.22 bits per heavy atom. The summed E-state index contributed by atoms with van der Waals surface area (Å²) >= 11 is 9.60. The van der Waals surface area contributed by atoms with Gasteiger partial charge in [-0.05, 0) is 31.9 Å². The highest BCUT2D eigenvalue weighted by Gasteiger charge is 2.42. The molecule has 1 saturated carbocycles. The van der Waals surface area contributed by atoms with E-state index >= 15 is 0 Å². The molecule has 18 heavy (non-hydrogen) atoms. The van der Waals surface area contributed by atoms with Gasteiger partial charge >= 0.3 is 5.97 Å². The molecule has 1 aliphatic carbocycles. The number of ether oxygens (including phenoxy) is 1. The summed E-state index contributed by atoms with van der Waals surface area (Å²) in [7, 11) is 1.39. The zero-order valence-corrected chi connectivity index (χ0v) is 12.6. The highest BCUT2D eigenvalue weighted by molar-refractivity contribution is 9.10. The fourth-order valence-corrected chi connectivity index (χ4v) is 2.84. The summed E-state index contributed by atoms with van der Waals surface area (Å²) in [6, 6.07) is 5.87. The average molecular weight is 333 g/mol. The highest BCUT2D eigenvalue weighted by atomic mass is 79.9. The van der Waals surface area contributed by atoms with Crippen LogP contribution < -0.4 is 5.32 Å². The number of carbonyl (C=O) groups excluding carboxylic acids is 1. The minimum atomic E-state index is -0.895. The summed E-state index contributed by atoms with van der Waals surface area (Å²) in [6.07, 6.45) is 2.17. The van der Waals surface area contributed by atoms with Gasteiger partial charge in [0.15, 0.2) is 0 Å². The standard InChI is InChI=1S/C13H15BrClNO2/c1-13(12(17)18-2,16-9-4-5-9)10-6-3-8(14)7-11(10)15/h3,6-7,9,16H,4-5H2,1-2H3. The first-order chi connectivity index (χ1) is 8.47. The van der Waals surface area contributed by atoms with Crippen molar-refractivity contribution in [3.8, 4) is 0 Å². The van der Waals surface area contributed by atoms with Crippen LogP contribution in [0.5, 0.6) is 0 Å². The van der Waals surface area contributed by atoms with E-state index in [1.165, 1.54) is 7.11 Å². The Morgan fingerprint density at radius 3 is 2.72 bits per heavy atom. The molecule has 3 nitrogen and oxygen atoms in total. The highest BCUT2D eigenvalue weighted by Crippen LogP contribution is 2.34. The normalized spacial score (nSPS) is 18.2. The number of nitrogens with one attached hydrogen (secondary N) is 1.